The first-order valence-electron chi connectivity index (χ1n) is 21.4. The Bertz CT molecular complexity index is 4030. The monoisotopic (exact) mass is 806 g/mol. The van der Waals surface area contributed by atoms with Crippen molar-refractivity contribution >= 4 is 88.9 Å². The number of hydrogen-bond donors (Lipinski definition) is 0. The number of hydrogen-bond acceptors (Lipinski definition) is 6. The van der Waals surface area contributed by atoms with Gasteiger partial charge in [-0.2, -0.15) is 0 Å². The van der Waals surface area contributed by atoms with Crippen LogP contribution in [0.2, 0.25) is 0 Å². The lowest BCUT2D eigenvalue weighted by Crippen LogP contribution is -2.38. The van der Waals surface area contributed by atoms with Crippen molar-refractivity contribution < 1.29 is 8.83 Å². The molecule has 12 aromatic rings. The summed E-state index contributed by atoms with van der Waals surface area (Å²) in [5, 5.41) is 11.1. The van der Waals surface area contributed by atoms with E-state index in [0.29, 0.717) is 17.5 Å². The first kappa shape index (κ1) is 34.4. The molecule has 9 aromatic carbocycles. The number of nitrogens with zero attached hydrogens (tertiary/aromatic N) is 4. The molecule has 1 aliphatic carbocycles. The average Bonchev–Trinajstić information content (AvgIpc) is 4.02. The van der Waals surface area contributed by atoms with Crippen LogP contribution in [-0.2, 0) is 0 Å². The van der Waals surface area contributed by atoms with Crippen molar-refractivity contribution in [2.24, 2.45) is 0 Å². The summed E-state index contributed by atoms with van der Waals surface area (Å²) in [6.45, 7) is 0. The van der Waals surface area contributed by atoms with Crippen molar-refractivity contribution in [3.63, 3.8) is 0 Å². The van der Waals surface area contributed by atoms with E-state index in [4.69, 9.17) is 23.8 Å². The quantitative estimate of drug-likeness (QED) is 0.176. The molecule has 0 saturated heterocycles. The van der Waals surface area contributed by atoms with Crippen LogP contribution >= 0.6 is 0 Å². The molecule has 14 rings (SSSR count). The fourth-order valence-electron chi connectivity index (χ4n) is 10.4. The maximum Gasteiger partial charge on any atom is 0.167 e. The third-order valence-corrected chi connectivity index (χ3v) is 13.2. The largest absolute Gasteiger partial charge is 0.455 e. The third-order valence-electron chi connectivity index (χ3n) is 13.2. The molecule has 0 spiro atoms. The van der Waals surface area contributed by atoms with Crippen LogP contribution in [0.15, 0.2) is 191 Å². The lowest BCUT2D eigenvalue weighted by Gasteiger charge is -2.29. The Hall–Kier alpha value is -8.35. The molecule has 63 heavy (non-hydrogen) atoms. The normalized spacial score (nSPS) is 15.5. The molecule has 6 heteroatoms. The minimum atomic E-state index is 0.154. The minimum Gasteiger partial charge on any atom is -0.455 e. The predicted octanol–water partition coefficient (Wildman–Crippen LogP) is 12.9. The lowest BCUT2D eigenvalue weighted by atomic mass is 9.89. The summed E-state index contributed by atoms with van der Waals surface area (Å²) in [6.07, 6.45) is 4.88. The van der Waals surface area contributed by atoms with Crippen molar-refractivity contribution in [1.29, 1.82) is 0 Å². The summed E-state index contributed by atoms with van der Waals surface area (Å²) in [5.41, 5.74) is 9.34. The van der Waals surface area contributed by atoms with E-state index in [1.165, 1.54) is 21.7 Å². The summed E-state index contributed by atoms with van der Waals surface area (Å²) < 4.78 is 13.5. The van der Waals surface area contributed by atoms with Gasteiger partial charge in [0.1, 0.15) is 22.3 Å². The number of aromatic nitrogens is 3. The lowest BCUT2D eigenvalue weighted by molar-refractivity contribution is 0.669. The number of benzene rings is 9. The Kier molecular flexibility index (Phi) is 7.13. The van der Waals surface area contributed by atoms with Crippen LogP contribution in [0.25, 0.3) is 112 Å². The van der Waals surface area contributed by atoms with E-state index in [9.17, 15) is 0 Å². The molecule has 0 N–H and O–H groups in total. The van der Waals surface area contributed by atoms with E-state index in [0.717, 1.165) is 87.8 Å². The molecule has 0 fully saturated rings. The Morgan fingerprint density at radius 3 is 1.86 bits per heavy atom. The van der Waals surface area contributed by atoms with E-state index in [2.05, 4.69) is 169 Å². The van der Waals surface area contributed by atoms with E-state index >= 15 is 0 Å². The second kappa shape index (κ2) is 13.1. The number of anilines is 2. The molecule has 2 unspecified atom stereocenters. The van der Waals surface area contributed by atoms with Gasteiger partial charge in [-0.15, -0.1) is 0 Å². The summed E-state index contributed by atoms with van der Waals surface area (Å²) in [7, 11) is 0. The highest BCUT2D eigenvalue weighted by atomic mass is 16.3. The van der Waals surface area contributed by atoms with Gasteiger partial charge in [0.15, 0.2) is 17.5 Å². The highest BCUT2D eigenvalue weighted by Gasteiger charge is 2.38. The second-order valence-electron chi connectivity index (χ2n) is 16.6. The van der Waals surface area contributed by atoms with Crippen LogP contribution in [-0.4, -0.2) is 21.0 Å². The first-order chi connectivity index (χ1) is 31.2. The van der Waals surface area contributed by atoms with Crippen molar-refractivity contribution in [3.05, 3.63) is 198 Å². The van der Waals surface area contributed by atoms with Crippen LogP contribution < -0.4 is 15.3 Å². The maximum absolute atomic E-state index is 6.92. The minimum absolute atomic E-state index is 0.154. The number of furan rings is 2. The van der Waals surface area contributed by atoms with Gasteiger partial charge in [-0.3, -0.25) is 0 Å². The van der Waals surface area contributed by atoms with E-state index < -0.39 is 0 Å². The molecule has 2 aliphatic rings. The second-order valence-corrected chi connectivity index (χ2v) is 16.6. The van der Waals surface area contributed by atoms with Gasteiger partial charge in [-0.25, -0.2) is 15.0 Å². The van der Waals surface area contributed by atoms with Crippen LogP contribution in [0.3, 0.4) is 0 Å². The standard InChI is InChI=1S/C57H34N4O2/c1-2-14-36-31-49-47(30-35(36)13-1)39-17-5-7-24-48(39)61(49)37-28-26-34-27-29-51-52(46(34)32-37)43-21-11-23-45(54(43)63-51)57-59-55(42-20-9-15-33-12-3-4-16-38(33)42)58-56(60-57)44-22-10-19-41-40-18-6-8-25-50(40)62-53(41)44/h1-32,47,49H. The van der Waals surface area contributed by atoms with Gasteiger partial charge in [-0.05, 0) is 80.0 Å². The average molecular weight is 807 g/mol. The van der Waals surface area contributed by atoms with E-state index in [1.54, 1.807) is 0 Å². The molecule has 1 aliphatic heterocycles. The van der Waals surface area contributed by atoms with Crippen molar-refractivity contribution in [2.75, 3.05) is 4.90 Å². The first-order valence-corrected chi connectivity index (χ1v) is 21.4. The van der Waals surface area contributed by atoms with Gasteiger partial charge in [-0.1, -0.05) is 152 Å². The zero-order valence-corrected chi connectivity index (χ0v) is 33.7. The highest BCUT2D eigenvalue weighted by Crippen LogP contribution is 2.49. The smallest absolute Gasteiger partial charge is 0.167 e. The molecule has 294 valence electrons. The summed E-state index contributed by atoms with van der Waals surface area (Å²) in [6, 6.07) is 64.0. The van der Waals surface area contributed by atoms with Crippen molar-refractivity contribution in [1.82, 2.24) is 15.0 Å². The van der Waals surface area contributed by atoms with Gasteiger partial charge >= 0.3 is 0 Å². The molecule has 6 nitrogen and oxygen atoms in total. The van der Waals surface area contributed by atoms with Gasteiger partial charge in [0.05, 0.1) is 17.2 Å². The van der Waals surface area contributed by atoms with E-state index in [-0.39, 0.29) is 12.0 Å². The summed E-state index contributed by atoms with van der Waals surface area (Å²) in [4.78, 5) is 18.3. The fraction of sp³-hybridized carbons (Fsp3) is 0.0351. The maximum atomic E-state index is 6.92. The van der Waals surface area contributed by atoms with Crippen LogP contribution in [0, 0.1) is 0 Å². The Labute approximate surface area is 360 Å². The summed E-state index contributed by atoms with van der Waals surface area (Å²) in [5.74, 6) is 1.88. The number of fused-ring (bicyclic) bond motifs is 13. The molecule has 0 saturated carbocycles. The number of para-hydroxylation sites is 4. The molecule has 2 atom stereocenters. The summed E-state index contributed by atoms with van der Waals surface area (Å²) >= 11 is 0. The predicted molar refractivity (Wildman–Crippen MR) is 255 cm³/mol. The Morgan fingerprint density at radius 2 is 1.00 bits per heavy atom. The molecular weight excluding hydrogens is 773 g/mol. The zero-order chi connectivity index (χ0) is 41.2. The topological polar surface area (TPSA) is 68.2 Å². The van der Waals surface area contributed by atoms with Crippen LogP contribution in [0.1, 0.15) is 11.5 Å². The van der Waals surface area contributed by atoms with Crippen molar-refractivity contribution in [3.8, 4) is 34.2 Å². The zero-order valence-electron chi connectivity index (χ0n) is 33.7. The molecule has 0 radical (unpaired) electrons. The van der Waals surface area contributed by atoms with Crippen molar-refractivity contribution in [2.45, 2.75) is 12.0 Å². The molecule has 4 heterocycles. The van der Waals surface area contributed by atoms with Crippen LogP contribution in [0.5, 0.6) is 0 Å². The third kappa shape index (κ3) is 5.09. The number of rotatable bonds is 4. The van der Waals surface area contributed by atoms with Gasteiger partial charge in [0.25, 0.3) is 0 Å². The molecular formula is C57H34N4O2. The van der Waals surface area contributed by atoms with Gasteiger partial charge in [0.2, 0.25) is 0 Å². The van der Waals surface area contributed by atoms with E-state index in [1.807, 2.05) is 30.3 Å². The highest BCUT2D eigenvalue weighted by molar-refractivity contribution is 6.21. The van der Waals surface area contributed by atoms with Gasteiger partial charge in [0, 0.05) is 44.4 Å². The molecule has 3 aromatic heterocycles. The van der Waals surface area contributed by atoms with Gasteiger partial charge < -0.3 is 13.7 Å². The fourth-order valence-corrected chi connectivity index (χ4v) is 10.4. The Morgan fingerprint density at radius 1 is 0.413 bits per heavy atom. The van der Waals surface area contributed by atoms with Crippen LogP contribution in [0.4, 0.5) is 11.4 Å². The SMILES string of the molecule is C1=c2ccccc2=CC2C1c1ccccc1N2c1ccc2ccc3oc4c(-c5nc(-c6cccc7ccccc67)nc(-c6cccc7c6oc6ccccc67)n5)cccc4c3c2c1. The molecule has 0 amide bonds. The molecule has 0 bridgehead atoms. The Balaban J connectivity index is 0.980.